The molecule has 0 aromatic heterocycles. The summed E-state index contributed by atoms with van der Waals surface area (Å²) in [6.45, 7) is 6.34. The van der Waals surface area contributed by atoms with Crippen LogP contribution in [0.4, 0.5) is 0 Å². The fraction of sp³-hybridized carbons (Fsp3) is 0.440. The van der Waals surface area contributed by atoms with Crippen LogP contribution in [0, 0.1) is 11.8 Å². The fourth-order valence-electron chi connectivity index (χ4n) is 4.05. The average molecular weight is 444 g/mol. The summed E-state index contributed by atoms with van der Waals surface area (Å²) in [5, 5.41) is -0.463. The first kappa shape index (κ1) is 23.4. The molecule has 2 aromatic rings. The molecule has 168 valence electrons. The van der Waals surface area contributed by atoms with E-state index in [0.29, 0.717) is 19.0 Å². The van der Waals surface area contributed by atoms with E-state index in [1.807, 2.05) is 61.5 Å². The molecule has 2 atom stereocenters. The summed E-state index contributed by atoms with van der Waals surface area (Å²) in [7, 11) is -0.293. The molecule has 1 fully saturated rings. The molecule has 1 saturated carbocycles. The number of benzene rings is 2. The second-order valence-electron chi connectivity index (χ2n) is 8.24. The van der Waals surface area contributed by atoms with Crippen LogP contribution in [-0.4, -0.2) is 32.2 Å². The van der Waals surface area contributed by atoms with Crippen LogP contribution in [0.2, 0.25) is 0 Å². The predicted octanol–water partition coefficient (Wildman–Crippen LogP) is 5.03. The van der Waals surface area contributed by atoms with Gasteiger partial charge in [-0.1, -0.05) is 30.3 Å². The van der Waals surface area contributed by atoms with Gasteiger partial charge in [-0.25, -0.2) is 8.42 Å². The van der Waals surface area contributed by atoms with Crippen molar-refractivity contribution in [3.63, 3.8) is 0 Å². The first-order valence-electron chi connectivity index (χ1n) is 10.7. The summed E-state index contributed by atoms with van der Waals surface area (Å²) in [4.78, 5) is 0. The van der Waals surface area contributed by atoms with E-state index >= 15 is 0 Å². The maximum absolute atomic E-state index is 13.8. The number of rotatable bonds is 12. The van der Waals surface area contributed by atoms with Crippen LogP contribution in [0.25, 0.3) is 0 Å². The molecular weight excluding hydrogens is 410 g/mol. The van der Waals surface area contributed by atoms with E-state index in [-0.39, 0.29) is 5.92 Å². The molecule has 0 bridgehead atoms. The van der Waals surface area contributed by atoms with Crippen LogP contribution < -0.4 is 9.47 Å². The molecule has 5 nitrogen and oxygen atoms in total. The van der Waals surface area contributed by atoms with Crippen LogP contribution >= 0.6 is 0 Å². The molecule has 1 aliphatic rings. The van der Waals surface area contributed by atoms with Crippen molar-refractivity contribution in [1.29, 1.82) is 0 Å². The van der Waals surface area contributed by atoms with Crippen LogP contribution in [0.3, 0.4) is 0 Å². The van der Waals surface area contributed by atoms with Crippen LogP contribution in [0.5, 0.6) is 11.5 Å². The fourth-order valence-corrected chi connectivity index (χ4v) is 5.95. The van der Waals surface area contributed by atoms with Gasteiger partial charge in [-0.3, -0.25) is 0 Å². The Morgan fingerprint density at radius 3 is 1.77 bits per heavy atom. The molecule has 6 heteroatoms. The third-order valence-corrected chi connectivity index (χ3v) is 8.40. The van der Waals surface area contributed by atoms with Crippen LogP contribution in [0.1, 0.15) is 37.3 Å². The first-order valence-corrected chi connectivity index (χ1v) is 12.2. The first-order chi connectivity index (χ1) is 14.9. The van der Waals surface area contributed by atoms with E-state index in [2.05, 4.69) is 6.58 Å². The van der Waals surface area contributed by atoms with E-state index in [9.17, 15) is 8.42 Å². The largest absolute Gasteiger partial charge is 0.497 e. The van der Waals surface area contributed by atoms with Gasteiger partial charge < -0.3 is 9.47 Å². The molecule has 0 spiro atoms. The molecule has 0 saturated heterocycles. The summed E-state index contributed by atoms with van der Waals surface area (Å²) >= 11 is 0. The van der Waals surface area contributed by atoms with Gasteiger partial charge >= 0.3 is 0 Å². The zero-order chi connectivity index (χ0) is 22.4. The van der Waals surface area contributed by atoms with Crippen LogP contribution in [0.15, 0.2) is 61.2 Å². The van der Waals surface area contributed by atoms with Gasteiger partial charge in [-0.2, -0.15) is 4.31 Å². The topological polar surface area (TPSA) is 55.8 Å². The van der Waals surface area contributed by atoms with E-state index in [1.54, 1.807) is 18.5 Å². The Balaban J connectivity index is 1.88. The second kappa shape index (κ2) is 10.3. The number of ether oxygens (including phenoxy) is 2. The smallest absolute Gasteiger partial charge is 0.217 e. The van der Waals surface area contributed by atoms with Crippen molar-refractivity contribution < 1.29 is 17.9 Å². The minimum Gasteiger partial charge on any atom is -0.497 e. The standard InChI is InChI=1S/C25H33NO4S/c1-5-6-25(22-11-12-22)19(2)31(27,28)26(17-20-7-13-23(29-3)14-8-20)18-21-9-15-24(30-4)16-10-21/h5,7-10,13-16,19,22,25H,1,6,11-12,17-18H2,2-4H3/t19-,25+/m0/s1. The highest BCUT2D eigenvalue weighted by Crippen LogP contribution is 2.43. The lowest BCUT2D eigenvalue weighted by molar-refractivity contribution is 0.367. The molecule has 31 heavy (non-hydrogen) atoms. The number of hydrogen-bond donors (Lipinski definition) is 0. The van der Waals surface area contributed by atoms with Gasteiger partial charge in [-0.05, 0) is 73.4 Å². The van der Waals surface area contributed by atoms with Crippen molar-refractivity contribution in [3.05, 3.63) is 72.3 Å². The third kappa shape index (κ3) is 5.89. The Kier molecular flexibility index (Phi) is 7.79. The number of nitrogens with zero attached hydrogens (tertiary/aromatic N) is 1. The molecule has 3 rings (SSSR count). The van der Waals surface area contributed by atoms with E-state index in [1.165, 1.54) is 0 Å². The molecule has 0 N–H and O–H groups in total. The lowest BCUT2D eigenvalue weighted by Crippen LogP contribution is -2.40. The number of sulfonamides is 1. The van der Waals surface area contributed by atoms with E-state index in [0.717, 1.165) is 41.9 Å². The number of allylic oxidation sites excluding steroid dienone is 1. The van der Waals surface area contributed by atoms with Gasteiger partial charge in [0.25, 0.3) is 0 Å². The van der Waals surface area contributed by atoms with Crippen molar-refractivity contribution in [1.82, 2.24) is 4.31 Å². The van der Waals surface area contributed by atoms with Gasteiger partial charge in [-0.15, -0.1) is 6.58 Å². The maximum atomic E-state index is 13.8. The molecule has 2 aromatic carbocycles. The maximum Gasteiger partial charge on any atom is 0.217 e. The normalized spacial score (nSPS) is 16.0. The van der Waals surface area contributed by atoms with Crippen molar-refractivity contribution in [2.45, 2.75) is 44.5 Å². The minimum absolute atomic E-state index is 0.108. The highest BCUT2D eigenvalue weighted by Gasteiger charge is 2.41. The van der Waals surface area contributed by atoms with Gasteiger partial charge in [0.15, 0.2) is 0 Å². The molecule has 0 amide bonds. The SMILES string of the molecule is C=CC[C@@H](C1CC1)[C@H](C)S(=O)(=O)N(Cc1ccc(OC)cc1)Cc1ccc(OC)cc1. The second-order valence-corrected chi connectivity index (χ2v) is 10.5. The highest BCUT2D eigenvalue weighted by molar-refractivity contribution is 7.89. The van der Waals surface area contributed by atoms with Gasteiger partial charge in [0.05, 0.1) is 19.5 Å². The Hall–Kier alpha value is -2.31. The van der Waals surface area contributed by atoms with Crippen molar-refractivity contribution >= 4 is 10.0 Å². The molecule has 0 radical (unpaired) electrons. The summed E-state index contributed by atoms with van der Waals surface area (Å²) < 4.78 is 39.6. The summed E-state index contributed by atoms with van der Waals surface area (Å²) in [5.74, 6) is 2.09. The molecule has 0 aliphatic heterocycles. The van der Waals surface area contributed by atoms with E-state index < -0.39 is 15.3 Å². The van der Waals surface area contributed by atoms with Crippen molar-refractivity contribution in [2.24, 2.45) is 11.8 Å². The van der Waals surface area contributed by atoms with Crippen molar-refractivity contribution in [3.8, 4) is 11.5 Å². The zero-order valence-corrected chi connectivity index (χ0v) is 19.5. The van der Waals surface area contributed by atoms with Gasteiger partial charge in [0.2, 0.25) is 10.0 Å². The molecule has 0 unspecified atom stereocenters. The number of methoxy groups -OCH3 is 2. The molecule has 0 heterocycles. The Morgan fingerprint density at radius 1 is 0.968 bits per heavy atom. The third-order valence-electron chi connectivity index (χ3n) is 6.13. The van der Waals surface area contributed by atoms with Gasteiger partial charge in [0.1, 0.15) is 11.5 Å². The predicted molar refractivity (Wildman–Crippen MR) is 125 cm³/mol. The zero-order valence-electron chi connectivity index (χ0n) is 18.7. The van der Waals surface area contributed by atoms with Gasteiger partial charge in [0, 0.05) is 13.1 Å². The Labute approximate surface area is 186 Å². The molecular formula is C25H33NO4S. The van der Waals surface area contributed by atoms with E-state index in [4.69, 9.17) is 9.47 Å². The van der Waals surface area contributed by atoms with Crippen LogP contribution in [-0.2, 0) is 23.1 Å². The lowest BCUT2D eigenvalue weighted by Gasteiger charge is -2.30. The summed E-state index contributed by atoms with van der Waals surface area (Å²) in [6.07, 6.45) is 4.79. The highest BCUT2D eigenvalue weighted by atomic mass is 32.2. The monoisotopic (exact) mass is 443 g/mol. The van der Waals surface area contributed by atoms with Crippen molar-refractivity contribution in [2.75, 3.05) is 14.2 Å². The molecule has 1 aliphatic carbocycles. The minimum atomic E-state index is -3.53. The summed E-state index contributed by atoms with van der Waals surface area (Å²) in [6, 6.07) is 15.1. The number of hydrogen-bond acceptors (Lipinski definition) is 4. The Bertz CT molecular complexity index is 901. The average Bonchev–Trinajstić information content (AvgIpc) is 3.62. The summed E-state index contributed by atoms with van der Waals surface area (Å²) in [5.41, 5.74) is 1.86. The Morgan fingerprint density at radius 2 is 1.42 bits per heavy atom. The quantitative estimate of drug-likeness (QED) is 0.432. The lowest BCUT2D eigenvalue weighted by atomic mass is 9.96.